The summed E-state index contributed by atoms with van der Waals surface area (Å²) in [6.45, 7) is 0. The Balaban J connectivity index is 0.000000105. The fourth-order valence-corrected chi connectivity index (χ4v) is 21.7. The molecule has 0 atom stereocenters. The summed E-state index contributed by atoms with van der Waals surface area (Å²) in [6, 6.07) is 171. The SMILES string of the molecule is c1ccc(-c2cc(-n3c4ccccc4c4cc5c(cc43)c3ccccc3n5-c3nc(-c4ccccc4)c4ccccc4n3)cc3ccccc23)cc1.c1ccc(-c2cccc(-c3ccc4c(c3)c3c5oc6ccccc6c5ccc3n4-c3nc(-c4ccccc4)c4ccccc4n3)c2)cc1.c1ccc(-c2cccc(-c3nc(-n4c5ccccc5c5ccc6c7ccccc7oc6c54)nc4ccccc34)c2)cc1. The lowest BCUT2D eigenvalue weighted by molar-refractivity contribution is 0.670. The van der Waals surface area contributed by atoms with E-state index in [9.17, 15) is 0 Å². The minimum atomic E-state index is 0.618. The van der Waals surface area contributed by atoms with E-state index in [1.54, 1.807) is 0 Å². The van der Waals surface area contributed by atoms with Crippen LogP contribution in [0.2, 0.25) is 0 Å². The third-order valence-corrected chi connectivity index (χ3v) is 28.1. The number of nitrogens with zero attached hydrogens (tertiary/aromatic N) is 10. The van der Waals surface area contributed by atoms with Crippen LogP contribution in [0.3, 0.4) is 0 Å². The van der Waals surface area contributed by atoms with Crippen LogP contribution in [0, 0.1) is 0 Å². The van der Waals surface area contributed by atoms with Gasteiger partial charge in [0, 0.05) is 97.8 Å². The van der Waals surface area contributed by atoms with Crippen LogP contribution in [0.25, 0.3) is 276 Å². The predicted octanol–water partition coefficient (Wildman–Crippen LogP) is 33.9. The van der Waals surface area contributed by atoms with Crippen LogP contribution in [-0.2, 0) is 0 Å². The average Bonchev–Trinajstić information content (AvgIpc) is 1.56. The Morgan fingerprint density at radius 3 is 1.07 bits per heavy atom. The fraction of sp³-hybridized carbons (Fsp3) is 0. The molecule has 0 aliphatic rings. The highest BCUT2D eigenvalue weighted by Gasteiger charge is 2.28. The minimum absolute atomic E-state index is 0.618. The summed E-state index contributed by atoms with van der Waals surface area (Å²) < 4.78 is 22.3. The van der Waals surface area contributed by atoms with Crippen LogP contribution in [0.15, 0.2) is 494 Å². The zero-order valence-electron chi connectivity index (χ0n) is 76.5. The van der Waals surface area contributed by atoms with Crippen LogP contribution in [0.4, 0.5) is 0 Å². The van der Waals surface area contributed by atoms with Gasteiger partial charge >= 0.3 is 0 Å². The van der Waals surface area contributed by atoms with E-state index < -0.39 is 0 Å². The number of aromatic nitrogens is 10. The molecular formula is C130H80N10O2. The van der Waals surface area contributed by atoms with Gasteiger partial charge in [-0.15, -0.1) is 0 Å². The summed E-state index contributed by atoms with van der Waals surface area (Å²) in [6.07, 6.45) is 0. The zero-order valence-corrected chi connectivity index (χ0v) is 76.5. The molecule has 0 aliphatic carbocycles. The van der Waals surface area contributed by atoms with E-state index in [0.29, 0.717) is 17.8 Å². The maximum atomic E-state index is 6.65. The minimum Gasteiger partial charge on any atom is -0.455 e. The summed E-state index contributed by atoms with van der Waals surface area (Å²) in [5, 5.41) is 19.0. The number of hydrogen-bond acceptors (Lipinski definition) is 8. The lowest BCUT2D eigenvalue weighted by Crippen LogP contribution is -2.03. The highest BCUT2D eigenvalue weighted by atomic mass is 16.3. The second kappa shape index (κ2) is 33.3. The highest BCUT2D eigenvalue weighted by Crippen LogP contribution is 2.48. The second-order valence-electron chi connectivity index (χ2n) is 36.3. The third kappa shape index (κ3) is 13.4. The highest BCUT2D eigenvalue weighted by molar-refractivity contribution is 6.26. The first-order valence-electron chi connectivity index (χ1n) is 47.9. The molecule has 12 heteroatoms. The van der Waals surface area contributed by atoms with E-state index in [1.165, 1.54) is 54.9 Å². The average molecular weight is 1810 g/mol. The number of para-hydroxylation sites is 8. The van der Waals surface area contributed by atoms with Crippen LogP contribution >= 0.6 is 0 Å². The number of furan rings is 2. The number of fused-ring (bicyclic) bond motifs is 24. The summed E-state index contributed by atoms with van der Waals surface area (Å²) >= 11 is 0. The molecule has 30 rings (SSSR count). The molecule has 12 nitrogen and oxygen atoms in total. The lowest BCUT2D eigenvalue weighted by Gasteiger charge is -2.14. The number of hydrogen-bond donors (Lipinski definition) is 0. The van der Waals surface area contributed by atoms with E-state index in [1.807, 2.05) is 72.8 Å². The molecule has 142 heavy (non-hydrogen) atoms. The quantitative estimate of drug-likeness (QED) is 0.125. The van der Waals surface area contributed by atoms with Gasteiger partial charge in [0.15, 0.2) is 5.58 Å². The van der Waals surface area contributed by atoms with E-state index in [2.05, 4.69) is 431 Å². The van der Waals surface area contributed by atoms with Gasteiger partial charge in [-0.3, -0.25) is 13.7 Å². The molecule has 0 spiro atoms. The van der Waals surface area contributed by atoms with Crippen molar-refractivity contribution in [2.45, 2.75) is 0 Å². The fourth-order valence-electron chi connectivity index (χ4n) is 21.7. The molecule has 9 aromatic heterocycles. The Kier molecular flexibility index (Phi) is 19.0. The van der Waals surface area contributed by atoms with Crippen molar-refractivity contribution in [3.8, 4) is 102 Å². The summed E-state index contributed by atoms with van der Waals surface area (Å²) in [5.41, 5.74) is 31.2. The first-order valence-corrected chi connectivity index (χ1v) is 47.9. The van der Waals surface area contributed by atoms with E-state index in [4.69, 9.17) is 38.7 Å². The van der Waals surface area contributed by atoms with Crippen molar-refractivity contribution in [3.63, 3.8) is 0 Å². The van der Waals surface area contributed by atoms with Crippen LogP contribution < -0.4 is 0 Å². The largest absolute Gasteiger partial charge is 0.455 e. The van der Waals surface area contributed by atoms with Crippen molar-refractivity contribution in [2.75, 3.05) is 0 Å². The van der Waals surface area contributed by atoms with Gasteiger partial charge in [-0.05, 0) is 171 Å². The third-order valence-electron chi connectivity index (χ3n) is 28.1. The molecular weight excluding hydrogens is 1730 g/mol. The molecule has 0 bridgehead atoms. The molecule has 0 N–H and O–H groups in total. The molecule has 0 amide bonds. The molecule has 30 aromatic rings. The topological polar surface area (TPSA) is 123 Å². The molecule has 0 radical (unpaired) electrons. The maximum Gasteiger partial charge on any atom is 0.235 e. The van der Waals surface area contributed by atoms with Crippen LogP contribution in [0.1, 0.15) is 0 Å². The standard InChI is InChI=1S/C48H30N4.C44H27N3O.C38H23N3O/c1-3-15-31(16-4-1)39-28-34(27-33-19-7-8-20-35(33)39)51-43-25-13-10-21-36(43)40-30-46-41(29-45(40)51)37-22-11-14-26-44(37)52(46)48-49-42-24-12-9-23-38(42)47(50-48)32-17-5-2-6-18-32;1-3-12-28(13-4-1)30-16-11-17-31(26-30)32-22-24-38-36(27-32)41-39(25-23-34-33-18-8-10-21-40(33)48-43(34)41)47(38)44-45-37-20-9-7-19-35(37)42(46-44)29-14-5-2-6-15-29;1-2-11-24(12-3-1)25-13-10-14-26(23-25)35-31-17-4-7-18-32(31)39-38(40-35)41-33-19-8-5-15-27(33)29-21-22-30-28-16-6-9-20-34(28)42-37(30)36(29)41/h1-30H;1-27H;1-23H. The Morgan fingerprint density at radius 2 is 0.521 bits per heavy atom. The van der Waals surface area contributed by atoms with Gasteiger partial charge in [-0.25, -0.2) is 29.9 Å². The van der Waals surface area contributed by atoms with Crippen molar-refractivity contribution in [1.29, 1.82) is 0 Å². The molecule has 9 heterocycles. The van der Waals surface area contributed by atoms with Gasteiger partial charge in [-0.1, -0.05) is 370 Å². The van der Waals surface area contributed by atoms with Crippen LogP contribution in [0.5, 0.6) is 0 Å². The van der Waals surface area contributed by atoms with Gasteiger partial charge in [0.25, 0.3) is 0 Å². The number of benzene rings is 21. The lowest BCUT2D eigenvalue weighted by atomic mass is 9.97. The molecule has 0 saturated carbocycles. The summed E-state index contributed by atoms with van der Waals surface area (Å²) in [5.74, 6) is 1.91. The molecule has 0 fully saturated rings. The van der Waals surface area contributed by atoms with Gasteiger partial charge in [-0.2, -0.15) is 0 Å². The van der Waals surface area contributed by atoms with E-state index in [-0.39, 0.29) is 0 Å². The first kappa shape index (κ1) is 81.1. The van der Waals surface area contributed by atoms with Gasteiger partial charge in [0.05, 0.1) is 77.6 Å². The Bertz CT molecular complexity index is 10100. The monoisotopic (exact) mass is 1810 g/mol. The number of rotatable bonds is 11. The predicted molar refractivity (Wildman–Crippen MR) is 586 cm³/mol. The summed E-state index contributed by atoms with van der Waals surface area (Å²) in [7, 11) is 0. The van der Waals surface area contributed by atoms with E-state index >= 15 is 0 Å². The molecule has 0 aliphatic heterocycles. The van der Waals surface area contributed by atoms with Gasteiger partial charge in [0.1, 0.15) is 22.3 Å². The Morgan fingerprint density at radius 1 is 0.169 bits per heavy atom. The van der Waals surface area contributed by atoms with Crippen molar-refractivity contribution < 1.29 is 8.83 Å². The van der Waals surface area contributed by atoms with Crippen molar-refractivity contribution in [1.82, 2.24) is 48.2 Å². The molecule has 0 saturated heterocycles. The normalized spacial score (nSPS) is 11.8. The second-order valence-corrected chi connectivity index (χ2v) is 36.3. The molecule has 662 valence electrons. The maximum absolute atomic E-state index is 6.65. The van der Waals surface area contributed by atoms with Crippen molar-refractivity contribution >= 4 is 175 Å². The molecule has 0 unspecified atom stereocenters. The Labute approximate surface area is 813 Å². The van der Waals surface area contributed by atoms with Gasteiger partial charge in [0.2, 0.25) is 17.8 Å². The smallest absolute Gasteiger partial charge is 0.235 e. The summed E-state index contributed by atoms with van der Waals surface area (Å²) in [4.78, 5) is 31.5. The van der Waals surface area contributed by atoms with Crippen molar-refractivity contribution in [3.05, 3.63) is 485 Å². The molecule has 21 aromatic carbocycles. The zero-order chi connectivity index (χ0) is 93.4. The van der Waals surface area contributed by atoms with Crippen molar-refractivity contribution in [2.24, 2.45) is 0 Å². The van der Waals surface area contributed by atoms with Gasteiger partial charge < -0.3 is 13.4 Å². The Hall–Kier alpha value is -19.3. The van der Waals surface area contributed by atoms with E-state index in [0.717, 1.165) is 204 Å². The van der Waals surface area contributed by atoms with Crippen LogP contribution in [-0.4, -0.2) is 48.2 Å². The first-order chi connectivity index (χ1) is 70.4.